The molecule has 0 unspecified atom stereocenters. The summed E-state index contributed by atoms with van der Waals surface area (Å²) in [4.78, 5) is 13.1. The summed E-state index contributed by atoms with van der Waals surface area (Å²) in [6.45, 7) is 7.05. The van der Waals surface area contributed by atoms with E-state index in [2.05, 4.69) is 19.2 Å². The van der Waals surface area contributed by atoms with Gasteiger partial charge in [-0.25, -0.2) is 8.42 Å². The van der Waals surface area contributed by atoms with Crippen LogP contribution >= 0.6 is 0 Å². The molecule has 150 valence electrons. The van der Waals surface area contributed by atoms with E-state index in [1.54, 1.807) is 12.1 Å². The Morgan fingerprint density at radius 3 is 2.39 bits per heavy atom. The number of rotatable bonds is 5. The second-order valence-corrected chi connectivity index (χ2v) is 9.58. The minimum atomic E-state index is -3.58. The molecule has 1 aliphatic rings. The number of hydrogen-bond donors (Lipinski definition) is 1. The smallest absolute Gasteiger partial charge is 0.255 e. The summed E-state index contributed by atoms with van der Waals surface area (Å²) in [6.07, 6.45) is 2.82. The van der Waals surface area contributed by atoms with Crippen LogP contribution in [0, 0.1) is 6.92 Å². The first kappa shape index (κ1) is 20.6. The molecule has 0 aliphatic carbocycles. The van der Waals surface area contributed by atoms with Gasteiger partial charge in [-0.05, 0) is 55.0 Å². The predicted octanol–water partition coefficient (Wildman–Crippen LogP) is 4.55. The second-order valence-electron chi connectivity index (χ2n) is 7.64. The van der Waals surface area contributed by atoms with Gasteiger partial charge in [-0.2, -0.15) is 4.31 Å². The number of carbonyl (C=O) groups excluding carboxylic acids is 1. The van der Waals surface area contributed by atoms with Gasteiger partial charge in [0.15, 0.2) is 0 Å². The van der Waals surface area contributed by atoms with E-state index in [4.69, 9.17) is 0 Å². The summed E-state index contributed by atoms with van der Waals surface area (Å²) in [6, 6.07) is 12.5. The van der Waals surface area contributed by atoms with E-state index >= 15 is 0 Å². The Balaban J connectivity index is 1.90. The highest BCUT2D eigenvalue weighted by molar-refractivity contribution is 7.89. The van der Waals surface area contributed by atoms with Crippen LogP contribution in [0.1, 0.15) is 60.5 Å². The quantitative estimate of drug-likeness (QED) is 0.801. The van der Waals surface area contributed by atoms with Gasteiger partial charge in [-0.15, -0.1) is 0 Å². The first-order chi connectivity index (χ1) is 13.3. The van der Waals surface area contributed by atoms with Crippen molar-refractivity contribution in [2.24, 2.45) is 0 Å². The molecule has 0 saturated carbocycles. The number of amides is 1. The van der Waals surface area contributed by atoms with Gasteiger partial charge in [-0.3, -0.25) is 4.79 Å². The standard InChI is InChI=1S/C22H28N2O3S/c1-16(2)19-9-5-6-10-21(19)23-22(25)20-15-18(12-11-17(20)3)28(26,27)24-13-7-4-8-14-24/h5-6,9-12,15-16H,4,7-8,13-14H2,1-3H3,(H,23,25). The van der Waals surface area contributed by atoms with Crippen LogP contribution in [0.25, 0.3) is 0 Å². The van der Waals surface area contributed by atoms with Crippen LogP contribution in [0.2, 0.25) is 0 Å². The van der Waals surface area contributed by atoms with Gasteiger partial charge >= 0.3 is 0 Å². The van der Waals surface area contributed by atoms with Gasteiger partial charge in [0.25, 0.3) is 5.91 Å². The number of aryl methyl sites for hydroxylation is 1. The Morgan fingerprint density at radius 2 is 1.71 bits per heavy atom. The lowest BCUT2D eigenvalue weighted by Crippen LogP contribution is -2.35. The highest BCUT2D eigenvalue weighted by atomic mass is 32.2. The van der Waals surface area contributed by atoms with Crippen molar-refractivity contribution in [3.8, 4) is 0 Å². The third-order valence-electron chi connectivity index (χ3n) is 5.24. The molecule has 1 heterocycles. The largest absolute Gasteiger partial charge is 0.322 e. The molecule has 6 heteroatoms. The summed E-state index contributed by atoms with van der Waals surface area (Å²) in [5, 5.41) is 2.96. The lowest BCUT2D eigenvalue weighted by atomic mass is 10.0. The molecular formula is C22H28N2O3S. The zero-order valence-electron chi connectivity index (χ0n) is 16.7. The van der Waals surface area contributed by atoms with Crippen molar-refractivity contribution in [1.82, 2.24) is 4.31 Å². The Kier molecular flexibility index (Phi) is 6.20. The molecule has 0 atom stereocenters. The number of hydrogen-bond acceptors (Lipinski definition) is 3. The number of anilines is 1. The van der Waals surface area contributed by atoms with Crippen LogP contribution in [0.15, 0.2) is 47.4 Å². The first-order valence-corrected chi connectivity index (χ1v) is 11.3. The molecule has 1 N–H and O–H groups in total. The molecule has 28 heavy (non-hydrogen) atoms. The lowest BCUT2D eigenvalue weighted by molar-refractivity contribution is 0.102. The zero-order chi connectivity index (χ0) is 20.3. The highest BCUT2D eigenvalue weighted by Gasteiger charge is 2.27. The van der Waals surface area contributed by atoms with Crippen LogP contribution in [-0.2, 0) is 10.0 Å². The van der Waals surface area contributed by atoms with Gasteiger partial charge in [0, 0.05) is 24.3 Å². The Labute approximate surface area is 167 Å². The van der Waals surface area contributed by atoms with Crippen LogP contribution in [0.5, 0.6) is 0 Å². The van der Waals surface area contributed by atoms with E-state index in [9.17, 15) is 13.2 Å². The van der Waals surface area contributed by atoms with Crippen molar-refractivity contribution in [2.45, 2.75) is 50.8 Å². The maximum Gasteiger partial charge on any atom is 0.255 e. The molecule has 1 amide bonds. The van der Waals surface area contributed by atoms with Crippen molar-refractivity contribution in [3.63, 3.8) is 0 Å². The number of sulfonamides is 1. The molecule has 2 aromatic rings. The number of piperidine rings is 1. The zero-order valence-corrected chi connectivity index (χ0v) is 17.6. The molecule has 0 spiro atoms. The third-order valence-corrected chi connectivity index (χ3v) is 7.13. The SMILES string of the molecule is Cc1ccc(S(=O)(=O)N2CCCCC2)cc1C(=O)Nc1ccccc1C(C)C. The fourth-order valence-electron chi connectivity index (χ4n) is 3.56. The minimum Gasteiger partial charge on any atom is -0.322 e. The average Bonchev–Trinajstić information content (AvgIpc) is 2.69. The third kappa shape index (κ3) is 4.28. The minimum absolute atomic E-state index is 0.183. The normalized spacial score (nSPS) is 15.6. The fraction of sp³-hybridized carbons (Fsp3) is 0.409. The second kappa shape index (κ2) is 8.45. The maximum absolute atomic E-state index is 13.0. The number of para-hydroxylation sites is 1. The van der Waals surface area contributed by atoms with Crippen molar-refractivity contribution < 1.29 is 13.2 Å². The molecule has 1 fully saturated rings. The maximum atomic E-state index is 13.0. The molecule has 1 aliphatic heterocycles. The van der Waals surface area contributed by atoms with Crippen molar-refractivity contribution in [1.29, 1.82) is 0 Å². The first-order valence-electron chi connectivity index (χ1n) is 9.82. The van der Waals surface area contributed by atoms with E-state index in [1.807, 2.05) is 31.2 Å². The Bertz CT molecular complexity index is 961. The highest BCUT2D eigenvalue weighted by Crippen LogP contribution is 2.26. The lowest BCUT2D eigenvalue weighted by Gasteiger charge is -2.26. The molecule has 2 aromatic carbocycles. The van der Waals surface area contributed by atoms with Crippen molar-refractivity contribution in [2.75, 3.05) is 18.4 Å². The molecule has 1 saturated heterocycles. The molecular weight excluding hydrogens is 372 g/mol. The monoisotopic (exact) mass is 400 g/mol. The van der Waals surface area contributed by atoms with Crippen LogP contribution in [-0.4, -0.2) is 31.7 Å². The number of nitrogens with one attached hydrogen (secondary N) is 1. The number of carbonyl (C=O) groups is 1. The van der Waals surface area contributed by atoms with Crippen molar-refractivity contribution >= 4 is 21.6 Å². The van der Waals surface area contributed by atoms with E-state index in [0.29, 0.717) is 18.7 Å². The molecule has 3 rings (SSSR count). The molecule has 0 bridgehead atoms. The Morgan fingerprint density at radius 1 is 1.04 bits per heavy atom. The summed E-state index contributed by atoms with van der Waals surface area (Å²) in [7, 11) is -3.58. The fourth-order valence-corrected chi connectivity index (χ4v) is 5.11. The van der Waals surface area contributed by atoms with Gasteiger partial charge in [0.1, 0.15) is 0 Å². The van der Waals surface area contributed by atoms with Gasteiger partial charge in [-0.1, -0.05) is 44.5 Å². The van der Waals surface area contributed by atoms with E-state index in [-0.39, 0.29) is 16.7 Å². The van der Waals surface area contributed by atoms with Crippen LogP contribution < -0.4 is 5.32 Å². The number of benzene rings is 2. The van der Waals surface area contributed by atoms with E-state index in [0.717, 1.165) is 36.1 Å². The molecule has 5 nitrogen and oxygen atoms in total. The summed E-state index contributed by atoms with van der Waals surface area (Å²) >= 11 is 0. The van der Waals surface area contributed by atoms with Gasteiger partial charge in [0.2, 0.25) is 10.0 Å². The van der Waals surface area contributed by atoms with E-state index in [1.165, 1.54) is 10.4 Å². The summed E-state index contributed by atoms with van der Waals surface area (Å²) in [5.41, 5.74) is 2.94. The Hall–Kier alpha value is -2.18. The number of nitrogens with zero attached hydrogens (tertiary/aromatic N) is 1. The van der Waals surface area contributed by atoms with Gasteiger partial charge < -0.3 is 5.32 Å². The topological polar surface area (TPSA) is 66.5 Å². The summed E-state index contributed by atoms with van der Waals surface area (Å²) in [5.74, 6) is -0.0234. The predicted molar refractivity (Wildman–Crippen MR) is 112 cm³/mol. The van der Waals surface area contributed by atoms with Crippen LogP contribution in [0.3, 0.4) is 0 Å². The average molecular weight is 401 g/mol. The summed E-state index contributed by atoms with van der Waals surface area (Å²) < 4.78 is 27.5. The van der Waals surface area contributed by atoms with Gasteiger partial charge in [0.05, 0.1) is 4.90 Å². The van der Waals surface area contributed by atoms with E-state index < -0.39 is 10.0 Å². The molecule has 0 aromatic heterocycles. The molecule has 0 radical (unpaired) electrons. The van der Waals surface area contributed by atoms with Crippen molar-refractivity contribution in [3.05, 3.63) is 59.2 Å². The van der Waals surface area contributed by atoms with Crippen LogP contribution in [0.4, 0.5) is 5.69 Å².